The highest BCUT2D eigenvalue weighted by atomic mass is 19.4. The molecule has 1 heterocycles. The molecule has 0 radical (unpaired) electrons. The molecule has 120 valence electrons. The minimum Gasteiger partial charge on any atom is -0.345 e. The molecule has 0 unspecified atom stereocenters. The van der Waals surface area contributed by atoms with Gasteiger partial charge < -0.3 is 10.2 Å². The van der Waals surface area contributed by atoms with Gasteiger partial charge in [0.25, 0.3) is 0 Å². The predicted octanol–water partition coefficient (Wildman–Crippen LogP) is 3.60. The molecule has 0 fully saturated rings. The van der Waals surface area contributed by atoms with Crippen molar-refractivity contribution < 1.29 is 13.2 Å². The molecule has 21 heavy (non-hydrogen) atoms. The van der Waals surface area contributed by atoms with Crippen LogP contribution in [0.2, 0.25) is 0 Å². The first kappa shape index (κ1) is 17.8. The Morgan fingerprint density at radius 3 is 2.43 bits per heavy atom. The van der Waals surface area contributed by atoms with E-state index in [0.29, 0.717) is 18.3 Å². The maximum absolute atomic E-state index is 12.7. The normalized spacial score (nSPS) is 12.2. The molecule has 0 spiro atoms. The number of nitrogens with one attached hydrogen (secondary N) is 1. The van der Waals surface area contributed by atoms with Crippen molar-refractivity contribution in [2.75, 3.05) is 18.0 Å². The molecule has 0 saturated carbocycles. The second-order valence-electron chi connectivity index (χ2n) is 5.88. The lowest BCUT2D eigenvalue weighted by atomic mass is 10.2. The van der Waals surface area contributed by atoms with Crippen LogP contribution in [-0.2, 0) is 6.54 Å². The fraction of sp³-hybridized carbons (Fsp3) is 0.667. The summed E-state index contributed by atoms with van der Waals surface area (Å²) in [5.41, 5.74) is 0.938. The van der Waals surface area contributed by atoms with Crippen molar-refractivity contribution in [2.24, 2.45) is 5.92 Å². The van der Waals surface area contributed by atoms with Crippen LogP contribution in [0.3, 0.4) is 0 Å². The van der Waals surface area contributed by atoms with E-state index in [2.05, 4.69) is 24.1 Å². The second-order valence-corrected chi connectivity index (χ2v) is 5.88. The van der Waals surface area contributed by atoms with E-state index in [9.17, 15) is 13.2 Å². The lowest BCUT2D eigenvalue weighted by molar-refractivity contribution is -0.120. The molecule has 0 aromatic carbocycles. The molecule has 1 rings (SSSR count). The Bertz CT molecular complexity index is 430. The lowest BCUT2D eigenvalue weighted by Crippen LogP contribution is -2.39. The maximum Gasteiger partial charge on any atom is 0.405 e. The van der Waals surface area contributed by atoms with Gasteiger partial charge in [0.1, 0.15) is 12.4 Å². The minimum atomic E-state index is -4.24. The van der Waals surface area contributed by atoms with Crippen LogP contribution in [-0.4, -0.2) is 30.3 Å². The topological polar surface area (TPSA) is 28.2 Å². The summed E-state index contributed by atoms with van der Waals surface area (Å²) in [5.74, 6) is 0.898. The van der Waals surface area contributed by atoms with E-state index in [1.807, 2.05) is 6.07 Å². The van der Waals surface area contributed by atoms with Gasteiger partial charge in [0.05, 0.1) is 0 Å². The number of nitrogens with zero attached hydrogens (tertiary/aromatic N) is 2. The van der Waals surface area contributed by atoms with E-state index in [1.165, 1.54) is 4.90 Å². The SMILES string of the molecule is CC(C)CNCc1ccnc(N(CC(F)(F)F)C(C)C)c1. The van der Waals surface area contributed by atoms with Crippen LogP contribution < -0.4 is 10.2 Å². The summed E-state index contributed by atoms with van der Waals surface area (Å²) in [6.07, 6.45) is -2.68. The number of anilines is 1. The second kappa shape index (κ2) is 7.64. The van der Waals surface area contributed by atoms with Gasteiger partial charge in [0.15, 0.2) is 0 Å². The minimum absolute atomic E-state index is 0.266. The van der Waals surface area contributed by atoms with Gasteiger partial charge in [-0.15, -0.1) is 0 Å². The van der Waals surface area contributed by atoms with E-state index >= 15 is 0 Å². The molecule has 0 saturated heterocycles. The summed E-state index contributed by atoms with van der Waals surface area (Å²) in [5, 5.41) is 3.28. The summed E-state index contributed by atoms with van der Waals surface area (Å²) in [7, 11) is 0. The average Bonchev–Trinajstić information content (AvgIpc) is 2.34. The number of aromatic nitrogens is 1. The van der Waals surface area contributed by atoms with Crippen molar-refractivity contribution in [1.29, 1.82) is 0 Å². The molecule has 0 amide bonds. The highest BCUT2D eigenvalue weighted by Crippen LogP contribution is 2.23. The molecule has 0 aliphatic heterocycles. The Morgan fingerprint density at radius 1 is 1.24 bits per heavy atom. The zero-order valence-corrected chi connectivity index (χ0v) is 13.0. The van der Waals surface area contributed by atoms with Crippen LogP contribution in [0, 0.1) is 5.92 Å². The number of hydrogen-bond donors (Lipinski definition) is 1. The van der Waals surface area contributed by atoms with E-state index in [0.717, 1.165) is 12.1 Å². The van der Waals surface area contributed by atoms with Crippen LogP contribution in [0.5, 0.6) is 0 Å². The van der Waals surface area contributed by atoms with Crippen LogP contribution in [0.15, 0.2) is 18.3 Å². The molecular formula is C15H24F3N3. The monoisotopic (exact) mass is 303 g/mol. The molecule has 0 atom stereocenters. The van der Waals surface area contributed by atoms with Crippen molar-refractivity contribution >= 4 is 5.82 Å². The summed E-state index contributed by atoms with van der Waals surface area (Å²) in [6.45, 7) is 8.19. The molecule has 1 N–H and O–H groups in total. The van der Waals surface area contributed by atoms with Gasteiger partial charge in [-0.2, -0.15) is 13.2 Å². The molecule has 1 aromatic rings. The first-order valence-corrected chi connectivity index (χ1v) is 7.18. The molecular weight excluding hydrogens is 279 g/mol. The van der Waals surface area contributed by atoms with Gasteiger partial charge in [-0.25, -0.2) is 4.98 Å². The van der Waals surface area contributed by atoms with Crippen molar-refractivity contribution in [1.82, 2.24) is 10.3 Å². The third-order valence-corrected chi connectivity index (χ3v) is 2.96. The summed E-state index contributed by atoms with van der Waals surface area (Å²) in [4.78, 5) is 5.36. The van der Waals surface area contributed by atoms with Crippen molar-refractivity contribution in [3.63, 3.8) is 0 Å². The Labute approximate surface area is 124 Å². The Morgan fingerprint density at radius 2 is 1.90 bits per heavy atom. The highest BCUT2D eigenvalue weighted by Gasteiger charge is 2.32. The Hall–Kier alpha value is -1.30. The molecule has 0 aliphatic rings. The fourth-order valence-electron chi connectivity index (χ4n) is 1.95. The standard InChI is InChI=1S/C15H24F3N3/c1-11(2)8-19-9-13-5-6-20-14(7-13)21(12(3)4)10-15(16,17)18/h5-7,11-12,19H,8-10H2,1-4H3. The largest absolute Gasteiger partial charge is 0.405 e. The van der Waals surface area contributed by atoms with Crippen molar-refractivity contribution in [2.45, 2.75) is 46.5 Å². The molecule has 6 heteroatoms. The van der Waals surface area contributed by atoms with Crippen LogP contribution in [0.4, 0.5) is 19.0 Å². The molecule has 0 aliphatic carbocycles. The van der Waals surface area contributed by atoms with Crippen molar-refractivity contribution in [3.8, 4) is 0 Å². The van der Waals surface area contributed by atoms with Gasteiger partial charge >= 0.3 is 6.18 Å². The van der Waals surface area contributed by atoms with E-state index in [1.54, 1.807) is 26.1 Å². The first-order valence-electron chi connectivity index (χ1n) is 7.18. The van der Waals surface area contributed by atoms with Gasteiger partial charge in [-0.05, 0) is 44.0 Å². The number of pyridine rings is 1. The van der Waals surface area contributed by atoms with E-state index in [4.69, 9.17) is 0 Å². The lowest BCUT2D eigenvalue weighted by Gasteiger charge is -2.29. The third kappa shape index (κ3) is 6.80. The summed E-state index contributed by atoms with van der Waals surface area (Å²) >= 11 is 0. The highest BCUT2D eigenvalue weighted by molar-refractivity contribution is 5.42. The van der Waals surface area contributed by atoms with Crippen LogP contribution >= 0.6 is 0 Å². The quantitative estimate of drug-likeness (QED) is 0.834. The summed E-state index contributed by atoms with van der Waals surface area (Å²) in [6, 6.07) is 3.28. The number of halogens is 3. The van der Waals surface area contributed by atoms with E-state index < -0.39 is 12.7 Å². The molecule has 1 aromatic heterocycles. The van der Waals surface area contributed by atoms with E-state index in [-0.39, 0.29) is 6.04 Å². The Kier molecular flexibility index (Phi) is 6.45. The van der Waals surface area contributed by atoms with Gasteiger partial charge in [0.2, 0.25) is 0 Å². The van der Waals surface area contributed by atoms with Gasteiger partial charge in [-0.3, -0.25) is 0 Å². The smallest absolute Gasteiger partial charge is 0.345 e. The maximum atomic E-state index is 12.7. The van der Waals surface area contributed by atoms with Crippen LogP contribution in [0.1, 0.15) is 33.3 Å². The average molecular weight is 303 g/mol. The fourth-order valence-corrected chi connectivity index (χ4v) is 1.95. The third-order valence-electron chi connectivity index (χ3n) is 2.96. The predicted molar refractivity (Wildman–Crippen MR) is 79.3 cm³/mol. The molecule has 3 nitrogen and oxygen atoms in total. The summed E-state index contributed by atoms with van der Waals surface area (Å²) < 4.78 is 38.0. The zero-order valence-electron chi connectivity index (χ0n) is 13.0. The first-order chi connectivity index (χ1) is 9.69. The number of hydrogen-bond acceptors (Lipinski definition) is 3. The zero-order chi connectivity index (χ0) is 16.0. The number of alkyl halides is 3. The van der Waals surface area contributed by atoms with Crippen molar-refractivity contribution in [3.05, 3.63) is 23.9 Å². The number of rotatable bonds is 7. The molecule has 0 bridgehead atoms. The Balaban J connectivity index is 2.80. The van der Waals surface area contributed by atoms with Crippen LogP contribution in [0.25, 0.3) is 0 Å². The van der Waals surface area contributed by atoms with Gasteiger partial charge in [-0.1, -0.05) is 13.8 Å². The van der Waals surface area contributed by atoms with Gasteiger partial charge in [0, 0.05) is 18.8 Å².